The van der Waals surface area contributed by atoms with Gasteiger partial charge in [0.15, 0.2) is 0 Å². The Bertz CT molecular complexity index is 992. The number of rotatable bonds is 6. The molecule has 0 spiro atoms. The van der Waals surface area contributed by atoms with E-state index in [2.05, 4.69) is 48.3 Å². The number of hydrogen-bond donors (Lipinski definition) is 0. The van der Waals surface area contributed by atoms with E-state index in [9.17, 15) is 0 Å². The first kappa shape index (κ1) is 17.2. The molecule has 3 aromatic rings. The predicted octanol–water partition coefficient (Wildman–Crippen LogP) is 6.14. The van der Waals surface area contributed by atoms with E-state index in [0.717, 1.165) is 58.3 Å². The van der Waals surface area contributed by atoms with Crippen LogP contribution in [0.15, 0.2) is 58.6 Å². The van der Waals surface area contributed by atoms with Crippen molar-refractivity contribution in [2.75, 3.05) is 0 Å². The van der Waals surface area contributed by atoms with Gasteiger partial charge in [0.1, 0.15) is 5.58 Å². The van der Waals surface area contributed by atoms with Crippen molar-refractivity contribution in [3.05, 3.63) is 66.0 Å². The van der Waals surface area contributed by atoms with Crippen molar-refractivity contribution < 1.29 is 4.42 Å². The predicted molar refractivity (Wildman–Crippen MR) is 106 cm³/mol. The molecule has 0 amide bonds. The lowest BCUT2D eigenvalue weighted by molar-refractivity contribution is 0.651. The maximum absolute atomic E-state index is 6.18. The molecule has 25 heavy (non-hydrogen) atoms. The number of pyridine rings is 1. The molecule has 0 unspecified atom stereocenters. The Labute approximate surface area is 148 Å². The summed E-state index contributed by atoms with van der Waals surface area (Å²) in [6.07, 6.45) is 4.60. The number of aliphatic imine (C=N–C) groups is 1. The quantitative estimate of drug-likeness (QED) is 0.508. The number of benzene rings is 1. The molecular weight excluding hydrogens is 308 g/mol. The number of hydrogen-bond acceptors (Lipinski definition) is 3. The molecule has 0 atom stereocenters. The molecule has 0 aliphatic carbocycles. The van der Waals surface area contributed by atoms with E-state index < -0.39 is 0 Å². The molecule has 0 radical (unpaired) electrons. The molecule has 3 rings (SSSR count). The standard InChI is InChI=1S/C22H24N2O/c1-6-9-16-11-13-17-18-12-10-15(5)24-22(18)25-21(17)20(16)19(8-3)23-14(4)7-2/h8,10-13H,3-4,6-7,9H2,1-2,5H3/b23-19-. The summed E-state index contributed by atoms with van der Waals surface area (Å²) in [6.45, 7) is 14.2. The van der Waals surface area contributed by atoms with Crippen LogP contribution in [0, 0.1) is 6.92 Å². The second-order valence-corrected chi connectivity index (χ2v) is 6.25. The Hall–Kier alpha value is -2.68. The third-order valence-corrected chi connectivity index (χ3v) is 4.39. The molecule has 1 aromatic carbocycles. The molecule has 128 valence electrons. The first-order chi connectivity index (χ1) is 12.1. The summed E-state index contributed by atoms with van der Waals surface area (Å²) in [5.41, 5.74) is 6.33. The average Bonchev–Trinajstić information content (AvgIpc) is 2.97. The zero-order chi connectivity index (χ0) is 18.0. The highest BCUT2D eigenvalue weighted by Crippen LogP contribution is 2.33. The van der Waals surface area contributed by atoms with E-state index in [4.69, 9.17) is 4.42 Å². The Morgan fingerprint density at radius 1 is 1.20 bits per heavy atom. The van der Waals surface area contributed by atoms with Gasteiger partial charge in [-0.3, -0.25) is 4.99 Å². The van der Waals surface area contributed by atoms with Crippen LogP contribution >= 0.6 is 0 Å². The third kappa shape index (κ3) is 3.14. The molecule has 0 aliphatic rings. The fourth-order valence-corrected chi connectivity index (χ4v) is 3.07. The van der Waals surface area contributed by atoms with Crippen LogP contribution in [-0.2, 0) is 6.42 Å². The average molecular weight is 332 g/mol. The normalized spacial score (nSPS) is 12.0. The number of nitrogens with zero attached hydrogens (tertiary/aromatic N) is 2. The maximum atomic E-state index is 6.18. The Balaban J connectivity index is 2.37. The number of furan rings is 1. The van der Waals surface area contributed by atoms with Crippen molar-refractivity contribution in [2.45, 2.75) is 40.0 Å². The van der Waals surface area contributed by atoms with Crippen LogP contribution < -0.4 is 0 Å². The highest BCUT2D eigenvalue weighted by Gasteiger charge is 2.18. The monoisotopic (exact) mass is 332 g/mol. The Morgan fingerprint density at radius 3 is 2.64 bits per heavy atom. The maximum Gasteiger partial charge on any atom is 0.227 e. The van der Waals surface area contributed by atoms with Gasteiger partial charge in [-0.05, 0) is 43.5 Å². The van der Waals surface area contributed by atoms with Gasteiger partial charge in [0.25, 0.3) is 0 Å². The second kappa shape index (κ2) is 7.06. The number of aromatic nitrogens is 1. The minimum atomic E-state index is 0.669. The van der Waals surface area contributed by atoms with Crippen molar-refractivity contribution in [2.24, 2.45) is 4.99 Å². The van der Waals surface area contributed by atoms with E-state index in [1.165, 1.54) is 5.56 Å². The lowest BCUT2D eigenvalue weighted by atomic mass is 9.96. The van der Waals surface area contributed by atoms with Gasteiger partial charge in [-0.15, -0.1) is 0 Å². The van der Waals surface area contributed by atoms with Gasteiger partial charge >= 0.3 is 0 Å². The van der Waals surface area contributed by atoms with Crippen LogP contribution in [0.1, 0.15) is 43.5 Å². The molecule has 0 saturated heterocycles. The van der Waals surface area contributed by atoms with Crippen molar-refractivity contribution in [3.63, 3.8) is 0 Å². The molecular formula is C22H24N2O. The van der Waals surface area contributed by atoms with Crippen LogP contribution in [0.25, 0.3) is 22.1 Å². The van der Waals surface area contributed by atoms with Crippen molar-refractivity contribution in [1.29, 1.82) is 0 Å². The van der Waals surface area contributed by atoms with Crippen molar-refractivity contribution in [1.82, 2.24) is 4.98 Å². The fourth-order valence-electron chi connectivity index (χ4n) is 3.07. The first-order valence-corrected chi connectivity index (χ1v) is 8.80. The first-order valence-electron chi connectivity index (χ1n) is 8.80. The second-order valence-electron chi connectivity index (χ2n) is 6.25. The summed E-state index contributed by atoms with van der Waals surface area (Å²) < 4.78 is 6.18. The number of fused-ring (bicyclic) bond motifs is 3. The van der Waals surface area contributed by atoms with E-state index in [-0.39, 0.29) is 0 Å². The van der Waals surface area contributed by atoms with Gasteiger partial charge < -0.3 is 4.42 Å². The molecule has 3 nitrogen and oxygen atoms in total. The highest BCUT2D eigenvalue weighted by molar-refractivity contribution is 6.19. The summed E-state index contributed by atoms with van der Waals surface area (Å²) in [4.78, 5) is 9.23. The van der Waals surface area contributed by atoms with E-state index in [1.54, 1.807) is 6.08 Å². The third-order valence-electron chi connectivity index (χ3n) is 4.39. The zero-order valence-corrected chi connectivity index (χ0v) is 15.2. The summed E-state index contributed by atoms with van der Waals surface area (Å²) >= 11 is 0. The molecule has 0 fully saturated rings. The molecule has 0 bridgehead atoms. The summed E-state index contributed by atoms with van der Waals surface area (Å²) in [6, 6.07) is 8.38. The summed E-state index contributed by atoms with van der Waals surface area (Å²) in [7, 11) is 0. The van der Waals surface area contributed by atoms with E-state index in [1.807, 2.05) is 19.9 Å². The van der Waals surface area contributed by atoms with Crippen molar-refractivity contribution in [3.8, 4) is 0 Å². The minimum absolute atomic E-state index is 0.669. The summed E-state index contributed by atoms with van der Waals surface area (Å²) in [5.74, 6) is 0. The lowest BCUT2D eigenvalue weighted by Gasteiger charge is -2.10. The van der Waals surface area contributed by atoms with Crippen molar-refractivity contribution >= 4 is 27.8 Å². The van der Waals surface area contributed by atoms with Gasteiger partial charge in [-0.25, -0.2) is 4.98 Å². The molecule has 3 heteroatoms. The van der Waals surface area contributed by atoms with Crippen LogP contribution in [0.4, 0.5) is 0 Å². The smallest absolute Gasteiger partial charge is 0.227 e. The lowest BCUT2D eigenvalue weighted by Crippen LogP contribution is -2.03. The van der Waals surface area contributed by atoms with E-state index in [0.29, 0.717) is 5.71 Å². The van der Waals surface area contributed by atoms with Gasteiger partial charge in [0.2, 0.25) is 5.71 Å². The van der Waals surface area contributed by atoms with Crippen LogP contribution in [0.5, 0.6) is 0 Å². The van der Waals surface area contributed by atoms with Crippen LogP contribution in [0.3, 0.4) is 0 Å². The molecule has 2 heterocycles. The topological polar surface area (TPSA) is 38.4 Å². The van der Waals surface area contributed by atoms with E-state index >= 15 is 0 Å². The van der Waals surface area contributed by atoms with Crippen LogP contribution in [-0.4, -0.2) is 10.7 Å². The summed E-state index contributed by atoms with van der Waals surface area (Å²) in [5, 5.41) is 2.09. The van der Waals surface area contributed by atoms with Crippen LogP contribution in [0.2, 0.25) is 0 Å². The van der Waals surface area contributed by atoms with Gasteiger partial charge in [-0.1, -0.05) is 45.6 Å². The number of allylic oxidation sites excluding steroid dienone is 2. The molecule has 0 saturated carbocycles. The zero-order valence-electron chi connectivity index (χ0n) is 15.2. The Kier molecular flexibility index (Phi) is 4.84. The van der Waals surface area contributed by atoms with Gasteiger partial charge in [0, 0.05) is 27.7 Å². The minimum Gasteiger partial charge on any atom is -0.437 e. The fraction of sp³-hybridized carbons (Fsp3) is 0.273. The SMILES string of the molecule is C=C/C(=N/C(=C)CC)c1c(CCC)ccc2c1oc1nc(C)ccc12. The molecule has 0 aliphatic heterocycles. The highest BCUT2D eigenvalue weighted by atomic mass is 16.3. The molecule has 2 aromatic heterocycles. The largest absolute Gasteiger partial charge is 0.437 e. The molecule has 0 N–H and O–H groups in total. The van der Waals surface area contributed by atoms with Gasteiger partial charge in [-0.2, -0.15) is 0 Å². The number of aryl methyl sites for hydroxylation is 2. The Morgan fingerprint density at radius 2 is 1.96 bits per heavy atom. The van der Waals surface area contributed by atoms with Gasteiger partial charge in [0.05, 0.1) is 5.71 Å².